The first-order valence-corrected chi connectivity index (χ1v) is 6.95. The summed E-state index contributed by atoms with van der Waals surface area (Å²) in [6.07, 6.45) is 6.07. The molecule has 3 heterocycles. The third-order valence-corrected chi connectivity index (χ3v) is 4.26. The largest absolute Gasteiger partial charge is 0.371 e. The Balaban J connectivity index is 1.51. The summed E-state index contributed by atoms with van der Waals surface area (Å²) in [6, 6.07) is 0. The molecule has 3 atom stereocenters. The molecule has 0 aromatic heterocycles. The Morgan fingerprint density at radius 1 is 1.24 bits per heavy atom. The highest BCUT2D eigenvalue weighted by atomic mass is 16.5. The van der Waals surface area contributed by atoms with Crippen LogP contribution in [0.3, 0.4) is 0 Å². The number of hydrogen-bond acceptors (Lipinski definition) is 3. The van der Waals surface area contributed by atoms with Crippen LogP contribution in [0, 0.1) is 5.92 Å². The second kappa shape index (κ2) is 4.94. The Labute approximate surface area is 103 Å². The first-order valence-electron chi connectivity index (χ1n) is 6.95. The van der Waals surface area contributed by atoms with Crippen molar-refractivity contribution in [3.8, 4) is 0 Å². The van der Waals surface area contributed by atoms with E-state index in [0.717, 1.165) is 45.4 Å². The molecule has 0 aromatic carbocycles. The normalized spacial score (nSPS) is 37.2. The molecule has 3 rings (SSSR count). The van der Waals surface area contributed by atoms with Crippen molar-refractivity contribution < 1.29 is 9.53 Å². The summed E-state index contributed by atoms with van der Waals surface area (Å²) in [7, 11) is 0. The molecule has 2 bridgehead atoms. The molecule has 4 heteroatoms. The van der Waals surface area contributed by atoms with E-state index < -0.39 is 0 Å². The van der Waals surface area contributed by atoms with Crippen LogP contribution < -0.4 is 5.32 Å². The molecular weight excluding hydrogens is 216 g/mol. The molecule has 3 saturated heterocycles. The maximum Gasteiger partial charge on any atom is 0.223 e. The number of piperidine rings is 1. The van der Waals surface area contributed by atoms with Gasteiger partial charge in [-0.3, -0.25) is 4.79 Å². The van der Waals surface area contributed by atoms with Gasteiger partial charge in [0.1, 0.15) is 0 Å². The molecule has 4 nitrogen and oxygen atoms in total. The molecule has 3 aliphatic rings. The molecule has 0 saturated carbocycles. The Kier molecular flexibility index (Phi) is 3.34. The number of morpholine rings is 1. The van der Waals surface area contributed by atoms with E-state index in [1.54, 1.807) is 0 Å². The summed E-state index contributed by atoms with van der Waals surface area (Å²) >= 11 is 0. The SMILES string of the molecule is O=C(CC1CCCNC1)N1CC2CCC(C1)O2. The van der Waals surface area contributed by atoms with Gasteiger partial charge in [0.25, 0.3) is 0 Å². The smallest absolute Gasteiger partial charge is 0.223 e. The molecule has 3 unspecified atom stereocenters. The number of carbonyl (C=O) groups excluding carboxylic acids is 1. The lowest BCUT2D eigenvalue weighted by Crippen LogP contribution is -2.46. The summed E-state index contributed by atoms with van der Waals surface area (Å²) in [5, 5.41) is 3.38. The number of amides is 1. The topological polar surface area (TPSA) is 41.6 Å². The van der Waals surface area contributed by atoms with Crippen molar-refractivity contribution in [3.05, 3.63) is 0 Å². The van der Waals surface area contributed by atoms with Crippen molar-refractivity contribution in [1.29, 1.82) is 0 Å². The van der Waals surface area contributed by atoms with E-state index in [4.69, 9.17) is 4.74 Å². The minimum absolute atomic E-state index is 0.321. The lowest BCUT2D eigenvalue weighted by atomic mass is 9.95. The molecule has 1 N–H and O–H groups in total. The Bertz CT molecular complexity index is 277. The quantitative estimate of drug-likeness (QED) is 0.772. The van der Waals surface area contributed by atoms with E-state index in [9.17, 15) is 4.79 Å². The third-order valence-electron chi connectivity index (χ3n) is 4.26. The number of nitrogens with one attached hydrogen (secondary N) is 1. The molecule has 3 aliphatic heterocycles. The second-order valence-electron chi connectivity index (χ2n) is 5.67. The predicted octanol–water partition coefficient (Wildman–Crippen LogP) is 0.766. The highest BCUT2D eigenvalue weighted by molar-refractivity contribution is 5.76. The number of carbonyl (C=O) groups is 1. The van der Waals surface area contributed by atoms with Crippen LogP contribution in [0.4, 0.5) is 0 Å². The van der Waals surface area contributed by atoms with Crippen LogP contribution in [0.25, 0.3) is 0 Å². The van der Waals surface area contributed by atoms with Gasteiger partial charge in [-0.1, -0.05) is 0 Å². The summed E-state index contributed by atoms with van der Waals surface area (Å²) in [5.74, 6) is 0.899. The fourth-order valence-corrected chi connectivity index (χ4v) is 3.29. The minimum atomic E-state index is 0.321. The van der Waals surface area contributed by atoms with Crippen LogP contribution >= 0.6 is 0 Å². The Morgan fingerprint density at radius 2 is 2.00 bits per heavy atom. The van der Waals surface area contributed by atoms with Gasteiger partial charge in [0.2, 0.25) is 5.91 Å². The zero-order valence-electron chi connectivity index (χ0n) is 10.4. The first-order chi connectivity index (χ1) is 8.31. The van der Waals surface area contributed by atoms with E-state index in [0.29, 0.717) is 24.0 Å². The van der Waals surface area contributed by atoms with Gasteiger partial charge >= 0.3 is 0 Å². The summed E-state index contributed by atoms with van der Waals surface area (Å²) in [5.41, 5.74) is 0. The van der Waals surface area contributed by atoms with Crippen molar-refractivity contribution >= 4 is 5.91 Å². The standard InChI is InChI=1S/C13H22N2O2/c16-13(6-10-2-1-5-14-7-10)15-8-11-3-4-12(9-15)17-11/h10-12,14H,1-9H2. The Hall–Kier alpha value is -0.610. The fraction of sp³-hybridized carbons (Fsp3) is 0.923. The number of fused-ring (bicyclic) bond motifs is 2. The number of ether oxygens (including phenoxy) is 1. The van der Waals surface area contributed by atoms with Crippen molar-refractivity contribution in [1.82, 2.24) is 10.2 Å². The van der Waals surface area contributed by atoms with Gasteiger partial charge in [0.05, 0.1) is 12.2 Å². The predicted molar refractivity (Wildman–Crippen MR) is 64.7 cm³/mol. The summed E-state index contributed by atoms with van der Waals surface area (Å²) < 4.78 is 5.76. The molecule has 0 aliphatic carbocycles. The summed E-state index contributed by atoms with van der Waals surface area (Å²) in [4.78, 5) is 14.3. The van der Waals surface area contributed by atoms with Crippen molar-refractivity contribution in [2.45, 2.75) is 44.3 Å². The summed E-state index contributed by atoms with van der Waals surface area (Å²) in [6.45, 7) is 3.79. The van der Waals surface area contributed by atoms with E-state index in [1.807, 2.05) is 4.90 Å². The maximum atomic E-state index is 12.2. The maximum absolute atomic E-state index is 12.2. The van der Waals surface area contributed by atoms with E-state index in [-0.39, 0.29) is 0 Å². The highest BCUT2D eigenvalue weighted by Gasteiger charge is 2.36. The van der Waals surface area contributed by atoms with Crippen molar-refractivity contribution in [3.63, 3.8) is 0 Å². The van der Waals surface area contributed by atoms with E-state index in [2.05, 4.69) is 5.32 Å². The zero-order chi connectivity index (χ0) is 11.7. The van der Waals surface area contributed by atoms with Crippen LogP contribution in [-0.4, -0.2) is 49.2 Å². The van der Waals surface area contributed by atoms with Crippen molar-refractivity contribution in [2.24, 2.45) is 5.92 Å². The van der Waals surface area contributed by atoms with Gasteiger partial charge in [0.15, 0.2) is 0 Å². The average molecular weight is 238 g/mol. The molecule has 17 heavy (non-hydrogen) atoms. The van der Waals surface area contributed by atoms with Gasteiger partial charge < -0.3 is 15.0 Å². The van der Waals surface area contributed by atoms with E-state index >= 15 is 0 Å². The lowest BCUT2D eigenvalue weighted by molar-refractivity contribution is -0.141. The molecule has 3 fully saturated rings. The van der Waals surface area contributed by atoms with Crippen LogP contribution in [-0.2, 0) is 9.53 Å². The van der Waals surface area contributed by atoms with Gasteiger partial charge in [-0.2, -0.15) is 0 Å². The minimum Gasteiger partial charge on any atom is -0.371 e. The van der Waals surface area contributed by atoms with Crippen LogP contribution in [0.5, 0.6) is 0 Å². The molecular formula is C13H22N2O2. The van der Waals surface area contributed by atoms with Crippen LogP contribution in [0.1, 0.15) is 32.1 Å². The van der Waals surface area contributed by atoms with Gasteiger partial charge in [-0.05, 0) is 44.7 Å². The monoisotopic (exact) mass is 238 g/mol. The van der Waals surface area contributed by atoms with E-state index in [1.165, 1.54) is 12.8 Å². The second-order valence-corrected chi connectivity index (χ2v) is 5.67. The van der Waals surface area contributed by atoms with Crippen LogP contribution in [0.15, 0.2) is 0 Å². The van der Waals surface area contributed by atoms with Crippen molar-refractivity contribution in [2.75, 3.05) is 26.2 Å². The third kappa shape index (κ3) is 2.63. The van der Waals surface area contributed by atoms with Gasteiger partial charge in [-0.15, -0.1) is 0 Å². The number of likely N-dealkylation sites (tertiary alicyclic amines) is 1. The lowest BCUT2D eigenvalue weighted by Gasteiger charge is -2.33. The molecule has 0 spiro atoms. The zero-order valence-corrected chi connectivity index (χ0v) is 10.4. The Morgan fingerprint density at radius 3 is 2.65 bits per heavy atom. The number of hydrogen-bond donors (Lipinski definition) is 1. The van der Waals surface area contributed by atoms with Gasteiger partial charge in [-0.25, -0.2) is 0 Å². The molecule has 0 aromatic rings. The first kappa shape index (κ1) is 11.5. The fourth-order valence-electron chi connectivity index (χ4n) is 3.29. The number of rotatable bonds is 2. The molecule has 1 amide bonds. The highest BCUT2D eigenvalue weighted by Crippen LogP contribution is 2.27. The molecule has 96 valence electrons. The van der Waals surface area contributed by atoms with Gasteiger partial charge in [0, 0.05) is 19.5 Å². The van der Waals surface area contributed by atoms with Crippen LogP contribution in [0.2, 0.25) is 0 Å². The number of nitrogens with zero attached hydrogens (tertiary/aromatic N) is 1. The molecule has 0 radical (unpaired) electrons. The average Bonchev–Trinajstić information content (AvgIpc) is 2.69.